The minimum absolute atomic E-state index is 0.152. The summed E-state index contributed by atoms with van der Waals surface area (Å²) in [6.45, 7) is 3.52. The van der Waals surface area contributed by atoms with E-state index in [0.29, 0.717) is 12.1 Å². The van der Waals surface area contributed by atoms with Gasteiger partial charge in [-0.05, 0) is 55.7 Å². The lowest BCUT2D eigenvalue weighted by Gasteiger charge is -2.10. The molecular formula is C20H25N3O4S. The topological polar surface area (TPSA) is 118 Å². The van der Waals surface area contributed by atoms with Crippen molar-refractivity contribution in [3.8, 4) is 0 Å². The second-order valence-electron chi connectivity index (χ2n) is 6.81. The first kappa shape index (κ1) is 21.6. The van der Waals surface area contributed by atoms with Crippen LogP contribution in [0.5, 0.6) is 0 Å². The third kappa shape index (κ3) is 6.79. The third-order valence-electron chi connectivity index (χ3n) is 3.88. The maximum absolute atomic E-state index is 12.1. The summed E-state index contributed by atoms with van der Waals surface area (Å²) in [6, 6.07) is 13.2. The van der Waals surface area contributed by atoms with E-state index in [-0.39, 0.29) is 29.7 Å². The van der Waals surface area contributed by atoms with Crippen LogP contribution in [0.1, 0.15) is 31.4 Å². The number of nitrogens with two attached hydrogens (primary N) is 1. The molecule has 4 N–H and O–H groups in total. The summed E-state index contributed by atoms with van der Waals surface area (Å²) >= 11 is 0. The normalized spacial score (nSPS) is 11.4. The number of carbonyl (C=O) groups is 2. The number of aryl methyl sites for hydroxylation is 1. The van der Waals surface area contributed by atoms with Gasteiger partial charge in [0.25, 0.3) is 0 Å². The van der Waals surface area contributed by atoms with Gasteiger partial charge < -0.3 is 11.1 Å². The van der Waals surface area contributed by atoms with Crippen molar-refractivity contribution in [2.75, 3.05) is 5.32 Å². The zero-order chi connectivity index (χ0) is 20.7. The minimum Gasteiger partial charge on any atom is -0.369 e. The summed E-state index contributed by atoms with van der Waals surface area (Å²) in [5.41, 5.74) is 7.44. The first-order valence-electron chi connectivity index (χ1n) is 8.94. The maximum Gasteiger partial charge on any atom is 0.240 e. The monoisotopic (exact) mass is 403 g/mol. The fourth-order valence-electron chi connectivity index (χ4n) is 2.60. The van der Waals surface area contributed by atoms with E-state index in [2.05, 4.69) is 10.0 Å². The van der Waals surface area contributed by atoms with Gasteiger partial charge in [-0.1, -0.05) is 24.3 Å². The van der Waals surface area contributed by atoms with Crippen molar-refractivity contribution in [1.82, 2.24) is 4.72 Å². The van der Waals surface area contributed by atoms with Gasteiger partial charge in [0, 0.05) is 18.2 Å². The van der Waals surface area contributed by atoms with Crippen LogP contribution >= 0.6 is 0 Å². The molecule has 0 aliphatic rings. The van der Waals surface area contributed by atoms with E-state index in [1.165, 1.54) is 12.1 Å². The molecule has 0 atom stereocenters. The smallest absolute Gasteiger partial charge is 0.240 e. The van der Waals surface area contributed by atoms with E-state index in [1.54, 1.807) is 50.2 Å². The molecule has 2 aromatic rings. The van der Waals surface area contributed by atoms with E-state index in [4.69, 9.17) is 5.73 Å². The molecule has 0 saturated carbocycles. The van der Waals surface area contributed by atoms with Crippen LogP contribution in [0.2, 0.25) is 0 Å². The highest BCUT2D eigenvalue weighted by atomic mass is 32.2. The van der Waals surface area contributed by atoms with Crippen LogP contribution in [0.15, 0.2) is 53.4 Å². The number of rotatable bonds is 9. The number of amides is 2. The lowest BCUT2D eigenvalue weighted by atomic mass is 10.1. The summed E-state index contributed by atoms with van der Waals surface area (Å²) in [6.07, 6.45) is 0.912. The molecule has 0 fully saturated rings. The molecule has 0 unspecified atom stereocenters. The standard InChI is InChI=1S/C20H25N3O4S/c1-14(2)23-28(26,27)18-10-5-15(6-11-18)7-12-20(25)22-17-8-3-16(4-9-17)13-19(21)24/h3-6,8-11,14,23H,7,12-13H2,1-2H3,(H2,21,24)(H,22,25). The molecule has 0 heterocycles. The zero-order valence-electron chi connectivity index (χ0n) is 15.9. The molecule has 0 aliphatic heterocycles. The van der Waals surface area contributed by atoms with E-state index < -0.39 is 15.9 Å². The van der Waals surface area contributed by atoms with Gasteiger partial charge in [0.2, 0.25) is 21.8 Å². The summed E-state index contributed by atoms with van der Waals surface area (Å²) in [4.78, 5) is 23.2. The first-order valence-corrected chi connectivity index (χ1v) is 10.4. The fraction of sp³-hybridized carbons (Fsp3) is 0.300. The Kier molecular flexibility index (Phi) is 7.31. The van der Waals surface area contributed by atoms with Crippen molar-refractivity contribution in [2.45, 2.75) is 44.0 Å². The van der Waals surface area contributed by atoms with Gasteiger partial charge in [0.05, 0.1) is 11.3 Å². The predicted molar refractivity (Wildman–Crippen MR) is 108 cm³/mol. The van der Waals surface area contributed by atoms with Crippen molar-refractivity contribution in [3.63, 3.8) is 0 Å². The van der Waals surface area contributed by atoms with Crippen molar-refractivity contribution in [1.29, 1.82) is 0 Å². The lowest BCUT2D eigenvalue weighted by molar-refractivity contribution is -0.117. The molecule has 8 heteroatoms. The van der Waals surface area contributed by atoms with Gasteiger partial charge in [0.1, 0.15) is 0 Å². The van der Waals surface area contributed by atoms with Crippen LogP contribution in [-0.4, -0.2) is 26.3 Å². The van der Waals surface area contributed by atoms with E-state index >= 15 is 0 Å². The Labute approximate surface area is 165 Å². The highest BCUT2D eigenvalue weighted by molar-refractivity contribution is 7.89. The Morgan fingerprint density at radius 2 is 1.54 bits per heavy atom. The molecule has 0 spiro atoms. The molecule has 28 heavy (non-hydrogen) atoms. The minimum atomic E-state index is -3.52. The molecule has 2 rings (SSSR count). The van der Waals surface area contributed by atoms with Crippen molar-refractivity contribution < 1.29 is 18.0 Å². The SMILES string of the molecule is CC(C)NS(=O)(=O)c1ccc(CCC(=O)Nc2ccc(CC(N)=O)cc2)cc1. The predicted octanol–water partition coefficient (Wildman–Crippen LogP) is 1.97. The van der Waals surface area contributed by atoms with Crippen LogP contribution in [0.25, 0.3) is 0 Å². The second-order valence-corrected chi connectivity index (χ2v) is 8.52. The molecule has 150 valence electrons. The largest absolute Gasteiger partial charge is 0.369 e. The molecule has 2 amide bonds. The average molecular weight is 404 g/mol. The Morgan fingerprint density at radius 3 is 2.07 bits per heavy atom. The lowest BCUT2D eigenvalue weighted by Crippen LogP contribution is -2.30. The van der Waals surface area contributed by atoms with Crippen molar-refractivity contribution in [3.05, 3.63) is 59.7 Å². The highest BCUT2D eigenvalue weighted by Gasteiger charge is 2.15. The number of nitrogens with one attached hydrogen (secondary N) is 2. The molecular weight excluding hydrogens is 378 g/mol. The Bertz CT molecular complexity index is 921. The van der Waals surface area contributed by atoms with Crippen LogP contribution in [0.4, 0.5) is 5.69 Å². The average Bonchev–Trinajstić information content (AvgIpc) is 2.60. The molecule has 7 nitrogen and oxygen atoms in total. The number of primary amides is 1. The number of hydrogen-bond donors (Lipinski definition) is 3. The quantitative estimate of drug-likeness (QED) is 0.593. The van der Waals surface area contributed by atoms with Gasteiger partial charge in [-0.15, -0.1) is 0 Å². The summed E-state index contributed by atoms with van der Waals surface area (Å²) in [5.74, 6) is -0.559. The summed E-state index contributed by atoms with van der Waals surface area (Å²) in [5, 5.41) is 2.79. The van der Waals surface area contributed by atoms with E-state index in [0.717, 1.165) is 11.1 Å². The Balaban J connectivity index is 1.88. The van der Waals surface area contributed by atoms with Gasteiger partial charge in [-0.25, -0.2) is 13.1 Å². The van der Waals surface area contributed by atoms with Gasteiger partial charge in [0.15, 0.2) is 0 Å². The van der Waals surface area contributed by atoms with Crippen LogP contribution < -0.4 is 15.8 Å². The molecule has 0 aromatic heterocycles. The van der Waals surface area contributed by atoms with Crippen molar-refractivity contribution >= 4 is 27.5 Å². The zero-order valence-corrected chi connectivity index (χ0v) is 16.8. The molecule has 0 bridgehead atoms. The maximum atomic E-state index is 12.1. The number of anilines is 1. The van der Waals surface area contributed by atoms with Crippen molar-refractivity contribution in [2.24, 2.45) is 5.73 Å². The highest BCUT2D eigenvalue weighted by Crippen LogP contribution is 2.14. The number of sulfonamides is 1. The first-order chi connectivity index (χ1) is 13.2. The molecule has 2 aromatic carbocycles. The summed E-state index contributed by atoms with van der Waals surface area (Å²) in [7, 11) is -3.52. The van der Waals surface area contributed by atoms with Crippen LogP contribution in [-0.2, 0) is 32.5 Å². The van der Waals surface area contributed by atoms with Gasteiger partial charge in [-0.2, -0.15) is 0 Å². The number of hydrogen-bond acceptors (Lipinski definition) is 4. The fourth-order valence-corrected chi connectivity index (χ4v) is 3.85. The van der Waals surface area contributed by atoms with Gasteiger partial charge in [-0.3, -0.25) is 9.59 Å². The summed E-state index contributed by atoms with van der Waals surface area (Å²) < 4.78 is 26.7. The Morgan fingerprint density at radius 1 is 0.964 bits per heavy atom. The van der Waals surface area contributed by atoms with Crippen LogP contribution in [0.3, 0.4) is 0 Å². The third-order valence-corrected chi connectivity index (χ3v) is 5.56. The number of carbonyl (C=O) groups excluding carboxylic acids is 2. The molecule has 0 radical (unpaired) electrons. The Hall–Kier alpha value is -2.71. The molecule has 0 aliphatic carbocycles. The number of benzene rings is 2. The van der Waals surface area contributed by atoms with E-state index in [9.17, 15) is 18.0 Å². The second kappa shape index (κ2) is 9.48. The van der Waals surface area contributed by atoms with Gasteiger partial charge >= 0.3 is 0 Å². The molecule has 0 saturated heterocycles. The van der Waals surface area contributed by atoms with E-state index in [1.807, 2.05) is 0 Å². The van der Waals surface area contributed by atoms with Crippen LogP contribution in [0, 0.1) is 0 Å².